The molecule has 0 bridgehead atoms. The molecule has 1 N–H and O–H groups in total. The van der Waals surface area contributed by atoms with Gasteiger partial charge in [-0.1, -0.05) is 42.5 Å². The molecule has 0 aliphatic carbocycles. The predicted molar refractivity (Wildman–Crippen MR) is 120 cm³/mol. The fourth-order valence-electron chi connectivity index (χ4n) is 3.82. The van der Waals surface area contributed by atoms with E-state index in [-0.39, 0.29) is 23.8 Å². The molecule has 0 fully saturated rings. The maximum absolute atomic E-state index is 13.7. The molecule has 0 aliphatic heterocycles. The molecule has 5 aromatic rings. The molecule has 2 aromatic heterocycles. The van der Waals surface area contributed by atoms with Crippen molar-refractivity contribution in [3.63, 3.8) is 0 Å². The minimum absolute atomic E-state index is 0.170. The van der Waals surface area contributed by atoms with Gasteiger partial charge >= 0.3 is 0 Å². The molecule has 0 saturated carbocycles. The van der Waals surface area contributed by atoms with E-state index in [2.05, 4.69) is 10.4 Å². The molecule has 1 amide bonds. The maximum atomic E-state index is 13.7. The molecular formula is C25H19FN4O2. The third kappa shape index (κ3) is 3.65. The standard InChI is InChI=1S/C25H19FN4O2/c26-20-8-4-7-18(13-20)16-29-23-14-19(24(31)27-15-17-5-2-1-3-6-17)9-10-21(23)30-22(25(29)32)11-12-28-30/h1-14H,15-16H2,(H,27,31). The van der Waals surface area contributed by atoms with Gasteiger partial charge in [-0.2, -0.15) is 5.10 Å². The highest BCUT2D eigenvalue weighted by Gasteiger charge is 2.15. The van der Waals surface area contributed by atoms with Gasteiger partial charge in [0.1, 0.15) is 11.3 Å². The Morgan fingerprint density at radius 2 is 1.69 bits per heavy atom. The summed E-state index contributed by atoms with van der Waals surface area (Å²) in [6.07, 6.45) is 1.56. The zero-order chi connectivity index (χ0) is 22.1. The highest BCUT2D eigenvalue weighted by atomic mass is 19.1. The average Bonchev–Trinajstić information content (AvgIpc) is 3.31. The fraction of sp³-hybridized carbons (Fsp3) is 0.0800. The van der Waals surface area contributed by atoms with Crippen LogP contribution in [0.5, 0.6) is 0 Å². The van der Waals surface area contributed by atoms with Gasteiger partial charge in [0.2, 0.25) is 0 Å². The van der Waals surface area contributed by atoms with Gasteiger partial charge in [0.25, 0.3) is 11.5 Å². The first-order valence-electron chi connectivity index (χ1n) is 10.2. The SMILES string of the molecule is O=C(NCc1ccccc1)c1ccc2c(c1)n(Cc1cccc(F)c1)c(=O)c1ccnn12. The Kier molecular flexibility index (Phi) is 4.99. The van der Waals surface area contributed by atoms with E-state index in [0.29, 0.717) is 34.2 Å². The van der Waals surface area contributed by atoms with E-state index in [1.807, 2.05) is 30.3 Å². The first-order valence-corrected chi connectivity index (χ1v) is 10.2. The molecule has 0 spiro atoms. The smallest absolute Gasteiger partial charge is 0.277 e. The molecule has 0 unspecified atom stereocenters. The Labute approximate surface area is 182 Å². The van der Waals surface area contributed by atoms with Crippen LogP contribution in [0.25, 0.3) is 16.6 Å². The van der Waals surface area contributed by atoms with Crippen molar-refractivity contribution in [1.82, 2.24) is 19.5 Å². The monoisotopic (exact) mass is 426 g/mol. The van der Waals surface area contributed by atoms with Gasteiger partial charge in [-0.05, 0) is 47.5 Å². The lowest BCUT2D eigenvalue weighted by Crippen LogP contribution is -2.25. The number of hydrogen-bond donors (Lipinski definition) is 1. The van der Waals surface area contributed by atoms with E-state index in [0.717, 1.165) is 5.56 Å². The van der Waals surface area contributed by atoms with Gasteiger partial charge in [-0.3, -0.25) is 9.59 Å². The van der Waals surface area contributed by atoms with Crippen LogP contribution in [0, 0.1) is 5.82 Å². The van der Waals surface area contributed by atoms with Crippen LogP contribution >= 0.6 is 0 Å². The van der Waals surface area contributed by atoms with Crippen molar-refractivity contribution >= 4 is 22.5 Å². The number of halogens is 1. The number of nitrogens with one attached hydrogen (secondary N) is 1. The first kappa shape index (κ1) is 19.7. The molecule has 158 valence electrons. The van der Waals surface area contributed by atoms with Crippen LogP contribution in [-0.2, 0) is 13.1 Å². The number of aromatic nitrogens is 3. The summed E-state index contributed by atoms with van der Waals surface area (Å²) in [5.41, 5.74) is 3.44. The number of hydrogen-bond acceptors (Lipinski definition) is 3. The minimum atomic E-state index is -0.369. The van der Waals surface area contributed by atoms with Crippen molar-refractivity contribution in [1.29, 1.82) is 0 Å². The summed E-state index contributed by atoms with van der Waals surface area (Å²) in [4.78, 5) is 26.0. The van der Waals surface area contributed by atoms with Crippen LogP contribution in [0.2, 0.25) is 0 Å². The second-order valence-electron chi connectivity index (χ2n) is 7.52. The second kappa shape index (κ2) is 8.11. The van der Waals surface area contributed by atoms with Crippen LogP contribution in [0.4, 0.5) is 4.39 Å². The predicted octanol–water partition coefficient (Wildman–Crippen LogP) is 3.77. The van der Waals surface area contributed by atoms with Crippen LogP contribution in [0.3, 0.4) is 0 Å². The van der Waals surface area contributed by atoms with E-state index in [9.17, 15) is 14.0 Å². The van der Waals surface area contributed by atoms with Gasteiger partial charge in [0.15, 0.2) is 0 Å². The number of amides is 1. The summed E-state index contributed by atoms with van der Waals surface area (Å²) < 4.78 is 16.8. The van der Waals surface area contributed by atoms with Crippen molar-refractivity contribution in [2.24, 2.45) is 0 Å². The van der Waals surface area contributed by atoms with E-state index in [1.165, 1.54) is 12.1 Å². The lowest BCUT2D eigenvalue weighted by atomic mass is 10.1. The molecule has 6 nitrogen and oxygen atoms in total. The van der Waals surface area contributed by atoms with Gasteiger partial charge < -0.3 is 9.88 Å². The highest BCUT2D eigenvalue weighted by Crippen LogP contribution is 2.18. The lowest BCUT2D eigenvalue weighted by Gasteiger charge is -2.14. The normalized spacial score (nSPS) is 11.2. The van der Waals surface area contributed by atoms with Crippen molar-refractivity contribution in [2.75, 3.05) is 0 Å². The molecule has 7 heteroatoms. The van der Waals surface area contributed by atoms with Gasteiger partial charge in [-0.15, -0.1) is 0 Å². The van der Waals surface area contributed by atoms with Crippen LogP contribution < -0.4 is 10.9 Å². The van der Waals surface area contributed by atoms with Gasteiger partial charge in [0, 0.05) is 12.1 Å². The van der Waals surface area contributed by atoms with Crippen LogP contribution in [0.15, 0.2) is 89.9 Å². The summed E-state index contributed by atoms with van der Waals surface area (Å²) in [7, 11) is 0. The molecule has 3 aromatic carbocycles. The molecule has 32 heavy (non-hydrogen) atoms. The highest BCUT2D eigenvalue weighted by molar-refractivity contribution is 5.97. The fourth-order valence-corrected chi connectivity index (χ4v) is 3.82. The molecule has 0 saturated heterocycles. The van der Waals surface area contributed by atoms with E-state index >= 15 is 0 Å². The van der Waals surface area contributed by atoms with Crippen molar-refractivity contribution < 1.29 is 9.18 Å². The van der Waals surface area contributed by atoms with Crippen molar-refractivity contribution in [3.8, 4) is 0 Å². The number of fused-ring (bicyclic) bond motifs is 3. The summed E-state index contributed by atoms with van der Waals surface area (Å²) in [5.74, 6) is -0.618. The maximum Gasteiger partial charge on any atom is 0.277 e. The minimum Gasteiger partial charge on any atom is -0.348 e. The van der Waals surface area contributed by atoms with Crippen molar-refractivity contribution in [2.45, 2.75) is 13.1 Å². The molecular weight excluding hydrogens is 407 g/mol. The zero-order valence-electron chi connectivity index (χ0n) is 17.0. The number of benzene rings is 3. The molecule has 5 rings (SSSR count). The Balaban J connectivity index is 1.58. The lowest BCUT2D eigenvalue weighted by molar-refractivity contribution is 0.0951. The van der Waals surface area contributed by atoms with Gasteiger partial charge in [0.05, 0.1) is 23.8 Å². The zero-order valence-corrected chi connectivity index (χ0v) is 17.0. The molecule has 0 aliphatic rings. The van der Waals surface area contributed by atoms with E-state index in [1.54, 1.807) is 51.7 Å². The average molecular weight is 426 g/mol. The quantitative estimate of drug-likeness (QED) is 0.465. The third-order valence-corrected chi connectivity index (χ3v) is 5.39. The Morgan fingerprint density at radius 1 is 0.875 bits per heavy atom. The number of carbonyl (C=O) groups is 1. The number of rotatable bonds is 5. The number of nitrogens with zero attached hydrogens (tertiary/aromatic N) is 3. The summed E-state index contributed by atoms with van der Waals surface area (Å²) >= 11 is 0. The molecule has 2 heterocycles. The Morgan fingerprint density at radius 3 is 2.50 bits per heavy atom. The Bertz CT molecular complexity index is 1510. The van der Waals surface area contributed by atoms with E-state index < -0.39 is 0 Å². The second-order valence-corrected chi connectivity index (χ2v) is 7.52. The Hall–Kier alpha value is -4.26. The third-order valence-electron chi connectivity index (χ3n) is 5.39. The summed E-state index contributed by atoms with van der Waals surface area (Å²) in [5, 5.41) is 7.17. The van der Waals surface area contributed by atoms with Crippen LogP contribution in [0.1, 0.15) is 21.5 Å². The van der Waals surface area contributed by atoms with E-state index in [4.69, 9.17) is 0 Å². The summed E-state index contributed by atoms with van der Waals surface area (Å²) in [6, 6.07) is 22.6. The van der Waals surface area contributed by atoms with Crippen molar-refractivity contribution in [3.05, 3.63) is 118 Å². The first-order chi connectivity index (χ1) is 15.6. The molecule has 0 atom stereocenters. The number of carbonyl (C=O) groups excluding carboxylic acids is 1. The largest absolute Gasteiger partial charge is 0.348 e. The van der Waals surface area contributed by atoms with Crippen LogP contribution in [-0.4, -0.2) is 20.1 Å². The topological polar surface area (TPSA) is 68.4 Å². The van der Waals surface area contributed by atoms with Gasteiger partial charge in [-0.25, -0.2) is 8.91 Å². The molecule has 0 radical (unpaired) electrons. The summed E-state index contributed by atoms with van der Waals surface area (Å²) in [6.45, 7) is 0.565.